The molecule has 1 aliphatic rings. The summed E-state index contributed by atoms with van der Waals surface area (Å²) in [4.78, 5) is 15.3. The van der Waals surface area contributed by atoms with E-state index < -0.39 is 5.97 Å². The normalized spacial score (nSPS) is 19.4. The van der Waals surface area contributed by atoms with E-state index >= 15 is 0 Å². The summed E-state index contributed by atoms with van der Waals surface area (Å²) in [6.07, 6.45) is 6.71. The van der Waals surface area contributed by atoms with Crippen molar-refractivity contribution in [1.29, 1.82) is 0 Å². The molecule has 0 spiro atoms. The van der Waals surface area contributed by atoms with E-state index in [1.807, 2.05) is 6.20 Å². The molecule has 0 aliphatic carbocycles. The van der Waals surface area contributed by atoms with Crippen molar-refractivity contribution in [2.24, 2.45) is 0 Å². The van der Waals surface area contributed by atoms with Crippen LogP contribution >= 0.6 is 0 Å². The smallest absolute Gasteiger partial charge is 0.337 e. The van der Waals surface area contributed by atoms with Gasteiger partial charge in [0.25, 0.3) is 0 Å². The molecule has 2 aromatic rings. The summed E-state index contributed by atoms with van der Waals surface area (Å²) >= 11 is 0. The third-order valence-electron chi connectivity index (χ3n) is 3.21. The first-order valence-electron chi connectivity index (χ1n) is 6.05. The van der Waals surface area contributed by atoms with E-state index in [2.05, 4.69) is 4.98 Å². The molecule has 3 heterocycles. The Kier molecular flexibility index (Phi) is 2.76. The largest absolute Gasteiger partial charge is 0.478 e. The van der Waals surface area contributed by atoms with Crippen molar-refractivity contribution in [2.75, 3.05) is 6.61 Å². The van der Waals surface area contributed by atoms with Crippen LogP contribution in [0.1, 0.15) is 28.9 Å². The van der Waals surface area contributed by atoms with Gasteiger partial charge in [-0.1, -0.05) is 0 Å². The van der Waals surface area contributed by atoms with Crippen molar-refractivity contribution in [3.63, 3.8) is 0 Å². The summed E-state index contributed by atoms with van der Waals surface area (Å²) in [6, 6.07) is 3.29. The predicted molar refractivity (Wildman–Crippen MR) is 64.8 cm³/mol. The number of ether oxygens (including phenoxy) is 1. The molecule has 3 rings (SSSR count). The zero-order valence-corrected chi connectivity index (χ0v) is 9.87. The Morgan fingerprint density at radius 3 is 3.11 bits per heavy atom. The molecule has 5 heteroatoms. The Bertz CT molecular complexity index is 585. The molecule has 0 aromatic carbocycles. The minimum atomic E-state index is -0.925. The first-order chi connectivity index (χ1) is 8.72. The van der Waals surface area contributed by atoms with Gasteiger partial charge in [0.1, 0.15) is 5.65 Å². The van der Waals surface area contributed by atoms with Gasteiger partial charge in [-0.25, -0.2) is 9.78 Å². The zero-order valence-electron chi connectivity index (χ0n) is 9.87. The number of aromatic carboxylic acids is 1. The van der Waals surface area contributed by atoms with Gasteiger partial charge < -0.3 is 14.2 Å². The molecule has 1 saturated heterocycles. The second-order valence-electron chi connectivity index (χ2n) is 4.56. The molecule has 0 saturated carbocycles. The summed E-state index contributed by atoms with van der Waals surface area (Å²) in [5, 5.41) is 8.93. The number of carboxylic acid groups (broad SMARTS) is 1. The summed E-state index contributed by atoms with van der Waals surface area (Å²) in [7, 11) is 0. The SMILES string of the molecule is O=C(O)c1ccc2nc(CC3CCCO3)cn2c1. The molecule has 1 N–H and O–H groups in total. The number of fused-ring (bicyclic) bond motifs is 1. The molecule has 5 nitrogen and oxygen atoms in total. The third-order valence-corrected chi connectivity index (χ3v) is 3.21. The fraction of sp³-hybridized carbons (Fsp3) is 0.385. The Morgan fingerprint density at radius 1 is 1.50 bits per heavy atom. The Hall–Kier alpha value is -1.88. The fourth-order valence-corrected chi connectivity index (χ4v) is 2.31. The summed E-state index contributed by atoms with van der Waals surface area (Å²) in [5.74, 6) is -0.925. The summed E-state index contributed by atoms with van der Waals surface area (Å²) in [6.45, 7) is 0.835. The number of carboxylic acids is 1. The number of pyridine rings is 1. The van der Waals surface area contributed by atoms with Crippen LogP contribution in [0.3, 0.4) is 0 Å². The van der Waals surface area contributed by atoms with Gasteiger partial charge in [0.2, 0.25) is 0 Å². The lowest BCUT2D eigenvalue weighted by atomic mass is 10.1. The molecular formula is C13H14N2O3. The van der Waals surface area contributed by atoms with Gasteiger partial charge in [0, 0.05) is 25.4 Å². The number of hydrogen-bond donors (Lipinski definition) is 1. The maximum Gasteiger partial charge on any atom is 0.337 e. The van der Waals surface area contributed by atoms with Crippen molar-refractivity contribution in [1.82, 2.24) is 9.38 Å². The zero-order chi connectivity index (χ0) is 12.5. The molecule has 1 unspecified atom stereocenters. The van der Waals surface area contributed by atoms with Crippen molar-refractivity contribution in [3.05, 3.63) is 35.8 Å². The number of hydrogen-bond acceptors (Lipinski definition) is 3. The summed E-state index contributed by atoms with van der Waals surface area (Å²) < 4.78 is 7.33. The van der Waals surface area contributed by atoms with Crippen LogP contribution in [0.25, 0.3) is 5.65 Å². The second kappa shape index (κ2) is 4.42. The molecule has 0 radical (unpaired) electrons. The van der Waals surface area contributed by atoms with E-state index in [0.717, 1.165) is 37.2 Å². The van der Waals surface area contributed by atoms with Gasteiger partial charge in [-0.2, -0.15) is 0 Å². The highest BCUT2D eigenvalue weighted by Crippen LogP contribution is 2.17. The highest BCUT2D eigenvalue weighted by atomic mass is 16.5. The Morgan fingerprint density at radius 2 is 2.39 bits per heavy atom. The molecule has 0 amide bonds. The number of carbonyl (C=O) groups is 1. The van der Waals surface area contributed by atoms with Crippen molar-refractivity contribution in [2.45, 2.75) is 25.4 Å². The molecule has 0 bridgehead atoms. The van der Waals surface area contributed by atoms with Crippen LogP contribution in [-0.4, -0.2) is 33.2 Å². The van der Waals surface area contributed by atoms with Gasteiger partial charge in [0.15, 0.2) is 0 Å². The lowest BCUT2D eigenvalue weighted by Crippen LogP contribution is -2.08. The van der Waals surface area contributed by atoms with Gasteiger partial charge in [0.05, 0.1) is 17.4 Å². The topological polar surface area (TPSA) is 63.8 Å². The van der Waals surface area contributed by atoms with Crippen LogP contribution in [-0.2, 0) is 11.2 Å². The Balaban J connectivity index is 1.87. The first kappa shape index (κ1) is 11.2. The average molecular weight is 246 g/mol. The van der Waals surface area contributed by atoms with E-state index in [1.54, 1.807) is 22.7 Å². The highest BCUT2D eigenvalue weighted by molar-refractivity contribution is 5.87. The Labute approximate surface area is 104 Å². The van der Waals surface area contributed by atoms with E-state index in [0.29, 0.717) is 0 Å². The van der Waals surface area contributed by atoms with Gasteiger partial charge in [-0.15, -0.1) is 0 Å². The predicted octanol–water partition coefficient (Wildman–Crippen LogP) is 1.75. The van der Waals surface area contributed by atoms with Crippen molar-refractivity contribution >= 4 is 11.6 Å². The molecule has 1 aliphatic heterocycles. The molecule has 94 valence electrons. The van der Waals surface area contributed by atoms with Gasteiger partial charge in [-0.3, -0.25) is 0 Å². The van der Waals surface area contributed by atoms with E-state index in [9.17, 15) is 4.79 Å². The quantitative estimate of drug-likeness (QED) is 0.896. The van der Waals surface area contributed by atoms with E-state index in [-0.39, 0.29) is 11.7 Å². The number of imidazole rings is 1. The molecule has 1 atom stereocenters. The van der Waals surface area contributed by atoms with E-state index in [1.165, 1.54) is 0 Å². The maximum absolute atomic E-state index is 10.9. The fourth-order valence-electron chi connectivity index (χ4n) is 2.31. The molecule has 2 aromatic heterocycles. The minimum Gasteiger partial charge on any atom is -0.478 e. The lowest BCUT2D eigenvalue weighted by Gasteiger charge is -2.05. The second-order valence-corrected chi connectivity index (χ2v) is 4.56. The highest BCUT2D eigenvalue weighted by Gasteiger charge is 2.17. The maximum atomic E-state index is 10.9. The van der Waals surface area contributed by atoms with Crippen LogP contribution in [0.15, 0.2) is 24.5 Å². The van der Waals surface area contributed by atoms with Gasteiger partial charge >= 0.3 is 5.97 Å². The molecular weight excluding hydrogens is 232 g/mol. The molecule has 1 fully saturated rings. The van der Waals surface area contributed by atoms with Crippen molar-refractivity contribution < 1.29 is 14.6 Å². The lowest BCUT2D eigenvalue weighted by molar-refractivity contribution is 0.0696. The average Bonchev–Trinajstić information content (AvgIpc) is 2.96. The van der Waals surface area contributed by atoms with Crippen LogP contribution in [0.5, 0.6) is 0 Å². The van der Waals surface area contributed by atoms with Crippen LogP contribution in [0.4, 0.5) is 0 Å². The monoisotopic (exact) mass is 246 g/mol. The number of rotatable bonds is 3. The minimum absolute atomic E-state index is 0.258. The van der Waals surface area contributed by atoms with E-state index in [4.69, 9.17) is 9.84 Å². The van der Waals surface area contributed by atoms with Crippen LogP contribution < -0.4 is 0 Å². The standard InChI is InChI=1S/C13H14N2O3/c16-13(17)9-3-4-12-14-10(8-15(12)7-9)6-11-2-1-5-18-11/h3-4,7-8,11H,1-2,5-6H2,(H,16,17). The number of nitrogens with zero attached hydrogens (tertiary/aromatic N) is 2. The summed E-state index contributed by atoms with van der Waals surface area (Å²) in [5.41, 5.74) is 1.99. The van der Waals surface area contributed by atoms with Crippen molar-refractivity contribution in [3.8, 4) is 0 Å². The number of aromatic nitrogens is 2. The first-order valence-corrected chi connectivity index (χ1v) is 6.05. The van der Waals surface area contributed by atoms with Crippen LogP contribution in [0.2, 0.25) is 0 Å². The van der Waals surface area contributed by atoms with Crippen LogP contribution in [0, 0.1) is 0 Å². The molecule has 18 heavy (non-hydrogen) atoms. The third kappa shape index (κ3) is 2.09. The van der Waals surface area contributed by atoms with Gasteiger partial charge in [-0.05, 0) is 25.0 Å².